The zero-order valence-corrected chi connectivity index (χ0v) is 30.2. The minimum absolute atomic E-state index is 1.30. The predicted molar refractivity (Wildman–Crippen MR) is 219 cm³/mol. The Hall–Kier alpha value is -4.42. The van der Waals surface area contributed by atoms with Crippen LogP contribution in [0.25, 0.3) is 0 Å². The number of rotatable bonds is 0. The van der Waals surface area contributed by atoms with Crippen LogP contribution in [0.3, 0.4) is 0 Å². The number of hydrogen-bond donors (Lipinski definition) is 0. The lowest BCUT2D eigenvalue weighted by molar-refractivity contribution is 0.685. The second-order valence-corrected chi connectivity index (χ2v) is 11.2. The Morgan fingerprint density at radius 3 is 0.479 bits per heavy atom. The molecule has 0 heteroatoms. The predicted octanol–water partition coefficient (Wildman–Crippen LogP) is 13.5. The van der Waals surface area contributed by atoms with E-state index >= 15 is 0 Å². The first-order chi connectivity index (χ1) is 23.9. The van der Waals surface area contributed by atoms with Crippen LogP contribution >= 0.6 is 0 Å². The Bertz CT molecular complexity index is 1150. The molecule has 0 nitrogen and oxygen atoms in total. The summed E-state index contributed by atoms with van der Waals surface area (Å²) < 4.78 is 0. The lowest BCUT2D eigenvalue weighted by atomic mass is 9.92. The van der Waals surface area contributed by atoms with Crippen molar-refractivity contribution in [2.24, 2.45) is 0 Å². The molecule has 0 bridgehead atoms. The van der Waals surface area contributed by atoms with Gasteiger partial charge in [-0.2, -0.15) is 0 Å². The van der Waals surface area contributed by atoms with Gasteiger partial charge in [-0.3, -0.25) is 0 Å². The Morgan fingerprint density at radius 2 is 0.333 bits per heavy atom. The molecule has 0 unspecified atom stereocenters. The van der Waals surface area contributed by atoms with Gasteiger partial charge in [0.25, 0.3) is 0 Å². The van der Waals surface area contributed by atoms with Crippen molar-refractivity contribution in [3.8, 4) is 0 Å². The first-order valence-corrected chi connectivity index (χ1v) is 17.6. The summed E-state index contributed by atoms with van der Waals surface area (Å²) in [6.45, 7) is 30.0. The van der Waals surface area contributed by atoms with Gasteiger partial charge in [-0.1, -0.05) is 97.1 Å². The van der Waals surface area contributed by atoms with Gasteiger partial charge in [0.2, 0.25) is 0 Å². The van der Waals surface area contributed by atoms with Crippen molar-refractivity contribution in [2.75, 3.05) is 0 Å². The van der Waals surface area contributed by atoms with Gasteiger partial charge in [0, 0.05) is 0 Å². The number of aryl methyl sites for hydroxylation is 8. The van der Waals surface area contributed by atoms with E-state index < -0.39 is 0 Å². The van der Waals surface area contributed by atoms with Crippen LogP contribution in [0.1, 0.15) is 83.0 Å². The Morgan fingerprint density at radius 1 is 0.208 bits per heavy atom. The Balaban J connectivity index is 0.000000564. The Labute approximate surface area is 296 Å². The lowest BCUT2D eigenvalue weighted by Crippen LogP contribution is -2.00. The summed E-state index contributed by atoms with van der Waals surface area (Å²) in [5.41, 5.74) is 12.6. The molecule has 256 valence electrons. The first kappa shape index (κ1) is 43.6. The number of fused-ring (bicyclic) bond motifs is 4. The summed E-state index contributed by atoms with van der Waals surface area (Å²) >= 11 is 0. The monoisotopic (exact) mass is 641 g/mol. The van der Waals surface area contributed by atoms with Crippen LogP contribution in [-0.2, 0) is 51.4 Å². The fourth-order valence-corrected chi connectivity index (χ4v) is 6.38. The van der Waals surface area contributed by atoms with E-state index in [1.165, 1.54) is 89.9 Å². The molecular formula is C48H64. The first-order valence-electron chi connectivity index (χ1n) is 17.6. The second kappa shape index (κ2) is 29.9. The molecule has 0 saturated heterocycles. The van der Waals surface area contributed by atoms with Gasteiger partial charge < -0.3 is 0 Å². The molecule has 4 aliphatic rings. The highest BCUT2D eigenvalue weighted by atomic mass is 14.1. The van der Waals surface area contributed by atoms with Crippen molar-refractivity contribution in [3.63, 3.8) is 0 Å². The SMILES string of the molecule is C=C.C=C.C=C.C=C.C=C.c1ccc2c(c1)CCC2.c1ccc2c(c1)CCC2.c1ccc2c(c1)CCCC2.c1ccc2c(c1)CCCC2. The summed E-state index contributed by atoms with van der Waals surface area (Å²) in [7, 11) is 0. The molecular weight excluding hydrogens is 577 g/mol. The summed E-state index contributed by atoms with van der Waals surface area (Å²) in [6, 6.07) is 35.1. The highest BCUT2D eigenvalue weighted by Gasteiger charge is 2.09. The average molecular weight is 641 g/mol. The van der Waals surface area contributed by atoms with Crippen molar-refractivity contribution < 1.29 is 0 Å². The maximum Gasteiger partial charge on any atom is -0.0273 e. The van der Waals surface area contributed by atoms with E-state index in [4.69, 9.17) is 0 Å². The third-order valence-corrected chi connectivity index (χ3v) is 8.54. The quantitative estimate of drug-likeness (QED) is 0.168. The van der Waals surface area contributed by atoms with Gasteiger partial charge in [0.15, 0.2) is 0 Å². The molecule has 0 heterocycles. The molecule has 0 fully saturated rings. The molecule has 0 radical (unpaired) electrons. The van der Waals surface area contributed by atoms with Crippen molar-refractivity contribution in [1.29, 1.82) is 0 Å². The molecule has 4 aromatic carbocycles. The van der Waals surface area contributed by atoms with Gasteiger partial charge in [-0.15, -0.1) is 65.8 Å². The van der Waals surface area contributed by atoms with Crippen molar-refractivity contribution in [3.05, 3.63) is 207 Å². The largest absolute Gasteiger partial charge is 0.106 e. The van der Waals surface area contributed by atoms with Crippen LogP contribution < -0.4 is 0 Å². The highest BCUT2D eigenvalue weighted by molar-refractivity contribution is 5.32. The van der Waals surface area contributed by atoms with E-state index in [1.807, 2.05) is 0 Å². The van der Waals surface area contributed by atoms with E-state index in [0.717, 1.165) is 0 Å². The molecule has 0 saturated carbocycles. The highest BCUT2D eigenvalue weighted by Crippen LogP contribution is 2.22. The minimum atomic E-state index is 1.30. The second-order valence-electron chi connectivity index (χ2n) is 11.2. The van der Waals surface area contributed by atoms with Gasteiger partial charge >= 0.3 is 0 Å². The van der Waals surface area contributed by atoms with E-state index in [9.17, 15) is 0 Å². The van der Waals surface area contributed by atoms with E-state index in [0.29, 0.717) is 0 Å². The van der Waals surface area contributed by atoms with Gasteiger partial charge in [0.1, 0.15) is 0 Å². The molecule has 0 aromatic heterocycles. The number of benzene rings is 4. The van der Waals surface area contributed by atoms with Crippen LogP contribution in [0.2, 0.25) is 0 Å². The average Bonchev–Trinajstić information content (AvgIpc) is 3.90. The molecule has 8 rings (SSSR count). The zero-order valence-electron chi connectivity index (χ0n) is 30.2. The summed E-state index contributed by atoms with van der Waals surface area (Å²) in [5, 5.41) is 0. The van der Waals surface area contributed by atoms with Gasteiger partial charge in [0.05, 0.1) is 0 Å². The third-order valence-electron chi connectivity index (χ3n) is 8.54. The minimum Gasteiger partial charge on any atom is -0.106 e. The fraction of sp³-hybridized carbons (Fsp3) is 0.292. The van der Waals surface area contributed by atoms with Crippen LogP contribution in [0.15, 0.2) is 163 Å². The maximum atomic E-state index is 3.00. The Kier molecular flexibility index (Phi) is 27.2. The van der Waals surface area contributed by atoms with Crippen LogP contribution in [0, 0.1) is 0 Å². The summed E-state index contributed by atoms with van der Waals surface area (Å²) in [6.07, 6.45) is 18.7. The summed E-state index contributed by atoms with van der Waals surface area (Å²) in [5.74, 6) is 0. The van der Waals surface area contributed by atoms with Crippen LogP contribution in [0.5, 0.6) is 0 Å². The zero-order chi connectivity index (χ0) is 35.8. The van der Waals surface area contributed by atoms with Gasteiger partial charge in [-0.05, 0) is 134 Å². The van der Waals surface area contributed by atoms with Crippen molar-refractivity contribution >= 4 is 0 Å². The molecule has 0 spiro atoms. The third kappa shape index (κ3) is 15.9. The molecule has 0 amide bonds. The van der Waals surface area contributed by atoms with Crippen LogP contribution in [0.4, 0.5) is 0 Å². The van der Waals surface area contributed by atoms with E-state index in [2.05, 4.69) is 163 Å². The van der Waals surface area contributed by atoms with Crippen LogP contribution in [-0.4, -0.2) is 0 Å². The molecule has 48 heavy (non-hydrogen) atoms. The molecule has 0 N–H and O–H groups in total. The lowest BCUT2D eigenvalue weighted by Gasteiger charge is -2.13. The topological polar surface area (TPSA) is 0 Å². The fourth-order valence-electron chi connectivity index (χ4n) is 6.38. The molecule has 0 aliphatic heterocycles. The van der Waals surface area contributed by atoms with Crippen molar-refractivity contribution in [2.45, 2.75) is 89.9 Å². The smallest absolute Gasteiger partial charge is 0.0273 e. The van der Waals surface area contributed by atoms with E-state index in [1.54, 1.807) is 44.5 Å². The molecule has 4 aliphatic carbocycles. The van der Waals surface area contributed by atoms with Gasteiger partial charge in [-0.25, -0.2) is 0 Å². The van der Waals surface area contributed by atoms with E-state index in [-0.39, 0.29) is 0 Å². The number of hydrogen-bond acceptors (Lipinski definition) is 0. The normalized spacial score (nSPS) is 13.1. The molecule has 0 atom stereocenters. The standard InChI is InChI=1S/2C10H12.2C9H10.5C2H4/c2*1-2-6-10-8-4-3-7-9(10)5-1;2*1-2-5-9-7-3-6-8(9)4-1;5*1-2/h2*1-2,5-6H,3-4,7-8H2;2*1-2,4-5H,3,6-7H2;5*1-2H2. The maximum absolute atomic E-state index is 3.00. The molecule has 4 aromatic rings. The summed E-state index contributed by atoms with van der Waals surface area (Å²) in [4.78, 5) is 0. The van der Waals surface area contributed by atoms with Crippen molar-refractivity contribution in [1.82, 2.24) is 0 Å².